The molecule has 1 aromatic rings. The fourth-order valence-electron chi connectivity index (χ4n) is 2.01. The topological polar surface area (TPSA) is 61.3 Å². The van der Waals surface area contributed by atoms with Gasteiger partial charge in [-0.2, -0.15) is 0 Å². The van der Waals surface area contributed by atoms with Crippen molar-refractivity contribution in [1.29, 1.82) is 0 Å². The lowest BCUT2D eigenvalue weighted by molar-refractivity contribution is -0.0480. The number of hydrogen-bond donors (Lipinski definition) is 2. The standard InChI is InChI=1S/C12H18N2O/c13-11-6-7-12(14,8-11)15-9-10-4-2-1-3-5-10/h1-5,11H,6-9,13-14H2. The molecule has 82 valence electrons. The molecule has 2 unspecified atom stereocenters. The first-order chi connectivity index (χ1) is 7.18. The maximum Gasteiger partial charge on any atom is 0.118 e. The van der Waals surface area contributed by atoms with Crippen molar-refractivity contribution in [1.82, 2.24) is 0 Å². The van der Waals surface area contributed by atoms with E-state index in [4.69, 9.17) is 16.2 Å². The maximum atomic E-state index is 6.10. The van der Waals surface area contributed by atoms with Gasteiger partial charge < -0.3 is 16.2 Å². The zero-order valence-electron chi connectivity index (χ0n) is 8.86. The van der Waals surface area contributed by atoms with Crippen LogP contribution in [-0.2, 0) is 11.3 Å². The lowest BCUT2D eigenvalue weighted by Crippen LogP contribution is -2.41. The average Bonchev–Trinajstić information content (AvgIpc) is 2.58. The second-order valence-corrected chi connectivity index (χ2v) is 4.34. The lowest BCUT2D eigenvalue weighted by Gasteiger charge is -2.24. The largest absolute Gasteiger partial charge is 0.356 e. The Labute approximate surface area is 90.4 Å². The van der Waals surface area contributed by atoms with Crippen molar-refractivity contribution >= 4 is 0 Å². The van der Waals surface area contributed by atoms with Crippen molar-refractivity contribution in [3.8, 4) is 0 Å². The Morgan fingerprint density at radius 1 is 1.33 bits per heavy atom. The van der Waals surface area contributed by atoms with Crippen molar-refractivity contribution in [3.05, 3.63) is 35.9 Å². The summed E-state index contributed by atoms with van der Waals surface area (Å²) in [5.41, 5.74) is 12.6. The van der Waals surface area contributed by atoms with E-state index in [9.17, 15) is 0 Å². The monoisotopic (exact) mass is 206 g/mol. The van der Waals surface area contributed by atoms with Crippen molar-refractivity contribution < 1.29 is 4.74 Å². The fourth-order valence-corrected chi connectivity index (χ4v) is 2.01. The van der Waals surface area contributed by atoms with E-state index in [1.807, 2.05) is 30.3 Å². The average molecular weight is 206 g/mol. The van der Waals surface area contributed by atoms with Crippen LogP contribution in [0.5, 0.6) is 0 Å². The summed E-state index contributed by atoms with van der Waals surface area (Å²) < 4.78 is 5.74. The van der Waals surface area contributed by atoms with Crippen LogP contribution in [0.2, 0.25) is 0 Å². The SMILES string of the molecule is NC1CCC(N)(OCc2ccccc2)C1. The summed E-state index contributed by atoms with van der Waals surface area (Å²) >= 11 is 0. The van der Waals surface area contributed by atoms with Crippen LogP contribution in [0.3, 0.4) is 0 Å². The van der Waals surface area contributed by atoms with E-state index >= 15 is 0 Å². The van der Waals surface area contributed by atoms with Gasteiger partial charge in [0.1, 0.15) is 5.72 Å². The molecule has 1 saturated carbocycles. The highest BCUT2D eigenvalue weighted by Crippen LogP contribution is 2.28. The van der Waals surface area contributed by atoms with Gasteiger partial charge in [-0.1, -0.05) is 30.3 Å². The molecule has 0 radical (unpaired) electrons. The van der Waals surface area contributed by atoms with Gasteiger partial charge in [-0.15, -0.1) is 0 Å². The van der Waals surface area contributed by atoms with E-state index in [1.165, 1.54) is 0 Å². The van der Waals surface area contributed by atoms with Gasteiger partial charge in [-0.25, -0.2) is 0 Å². The van der Waals surface area contributed by atoms with Crippen LogP contribution in [-0.4, -0.2) is 11.8 Å². The van der Waals surface area contributed by atoms with E-state index in [0.717, 1.165) is 24.8 Å². The Morgan fingerprint density at radius 2 is 2.07 bits per heavy atom. The molecule has 0 heterocycles. The molecule has 3 heteroatoms. The molecule has 0 spiro atoms. The van der Waals surface area contributed by atoms with Crippen LogP contribution < -0.4 is 11.5 Å². The van der Waals surface area contributed by atoms with Crippen molar-refractivity contribution in [3.63, 3.8) is 0 Å². The first kappa shape index (κ1) is 10.6. The Kier molecular flexibility index (Phi) is 3.05. The molecule has 1 fully saturated rings. The quantitative estimate of drug-likeness (QED) is 0.734. The summed E-state index contributed by atoms with van der Waals surface area (Å²) in [6.07, 6.45) is 2.59. The lowest BCUT2D eigenvalue weighted by atomic mass is 10.2. The molecule has 0 amide bonds. The maximum absolute atomic E-state index is 6.10. The zero-order valence-corrected chi connectivity index (χ0v) is 8.86. The highest BCUT2D eigenvalue weighted by molar-refractivity contribution is 5.13. The third-order valence-electron chi connectivity index (χ3n) is 2.92. The normalized spacial score (nSPS) is 30.7. The first-order valence-corrected chi connectivity index (χ1v) is 5.40. The Morgan fingerprint density at radius 3 is 2.67 bits per heavy atom. The van der Waals surface area contributed by atoms with Crippen LogP contribution in [0.25, 0.3) is 0 Å². The minimum absolute atomic E-state index is 0.200. The van der Waals surface area contributed by atoms with Crippen LogP contribution in [0, 0.1) is 0 Å². The van der Waals surface area contributed by atoms with Crippen LogP contribution in [0.1, 0.15) is 24.8 Å². The van der Waals surface area contributed by atoms with Crippen molar-refractivity contribution in [2.24, 2.45) is 11.5 Å². The summed E-state index contributed by atoms with van der Waals surface area (Å²) in [4.78, 5) is 0. The molecule has 0 aliphatic heterocycles. The summed E-state index contributed by atoms with van der Waals surface area (Å²) in [6, 6.07) is 10.3. The molecule has 0 bridgehead atoms. The minimum atomic E-state index is -0.505. The molecule has 2 rings (SSSR count). The van der Waals surface area contributed by atoms with Crippen molar-refractivity contribution in [2.75, 3.05) is 0 Å². The number of benzene rings is 1. The number of hydrogen-bond acceptors (Lipinski definition) is 3. The van der Waals surface area contributed by atoms with Gasteiger partial charge in [-0.3, -0.25) is 0 Å². The second-order valence-electron chi connectivity index (χ2n) is 4.34. The third kappa shape index (κ3) is 2.78. The molecule has 1 aliphatic carbocycles. The molecule has 4 N–H and O–H groups in total. The third-order valence-corrected chi connectivity index (χ3v) is 2.92. The summed E-state index contributed by atoms with van der Waals surface area (Å²) in [5, 5.41) is 0. The number of rotatable bonds is 3. The molecule has 3 nitrogen and oxygen atoms in total. The molecular formula is C12H18N2O. The van der Waals surface area contributed by atoms with Gasteiger partial charge in [0.2, 0.25) is 0 Å². The Balaban J connectivity index is 1.88. The van der Waals surface area contributed by atoms with Crippen LogP contribution in [0.4, 0.5) is 0 Å². The van der Waals surface area contributed by atoms with Crippen molar-refractivity contribution in [2.45, 2.75) is 37.6 Å². The molecule has 0 saturated heterocycles. The van der Waals surface area contributed by atoms with Crippen LogP contribution in [0.15, 0.2) is 30.3 Å². The van der Waals surface area contributed by atoms with E-state index in [-0.39, 0.29) is 6.04 Å². The fraction of sp³-hybridized carbons (Fsp3) is 0.500. The van der Waals surface area contributed by atoms with Gasteiger partial charge in [0.15, 0.2) is 0 Å². The predicted octanol–water partition coefficient (Wildman–Crippen LogP) is 1.37. The Bertz CT molecular complexity index is 315. The smallest absolute Gasteiger partial charge is 0.118 e. The predicted molar refractivity (Wildman–Crippen MR) is 60.0 cm³/mol. The summed E-state index contributed by atoms with van der Waals surface area (Å²) in [6.45, 7) is 0.573. The molecular weight excluding hydrogens is 188 g/mol. The molecule has 1 aromatic carbocycles. The van der Waals surface area contributed by atoms with E-state index in [2.05, 4.69) is 0 Å². The van der Waals surface area contributed by atoms with Gasteiger partial charge in [0.25, 0.3) is 0 Å². The number of nitrogens with two attached hydrogens (primary N) is 2. The van der Waals surface area contributed by atoms with E-state index < -0.39 is 5.72 Å². The van der Waals surface area contributed by atoms with Gasteiger partial charge in [0.05, 0.1) is 6.61 Å². The van der Waals surface area contributed by atoms with Gasteiger partial charge in [-0.05, 0) is 18.4 Å². The molecule has 2 atom stereocenters. The first-order valence-electron chi connectivity index (χ1n) is 5.40. The summed E-state index contributed by atoms with van der Waals surface area (Å²) in [5.74, 6) is 0. The highest BCUT2D eigenvalue weighted by atomic mass is 16.5. The zero-order chi connectivity index (χ0) is 10.7. The Hall–Kier alpha value is -0.900. The minimum Gasteiger partial charge on any atom is -0.356 e. The molecule has 1 aliphatic rings. The van der Waals surface area contributed by atoms with Crippen LogP contribution >= 0.6 is 0 Å². The number of ether oxygens (including phenoxy) is 1. The molecule has 0 aromatic heterocycles. The second kappa shape index (κ2) is 4.31. The highest BCUT2D eigenvalue weighted by Gasteiger charge is 2.34. The molecule has 15 heavy (non-hydrogen) atoms. The summed E-state index contributed by atoms with van der Waals surface area (Å²) in [7, 11) is 0. The van der Waals surface area contributed by atoms with E-state index in [0.29, 0.717) is 6.61 Å². The van der Waals surface area contributed by atoms with Gasteiger partial charge in [0, 0.05) is 12.5 Å². The van der Waals surface area contributed by atoms with E-state index in [1.54, 1.807) is 0 Å². The van der Waals surface area contributed by atoms with Gasteiger partial charge >= 0.3 is 0 Å².